The van der Waals surface area contributed by atoms with Crippen molar-refractivity contribution in [3.05, 3.63) is 76.8 Å². The average Bonchev–Trinajstić information content (AvgIpc) is 3.14. The van der Waals surface area contributed by atoms with Crippen molar-refractivity contribution in [3.8, 4) is 0 Å². The first kappa shape index (κ1) is 24.8. The molecule has 0 aliphatic carbocycles. The Hall–Kier alpha value is -3.91. The lowest BCUT2D eigenvalue weighted by atomic mass is 9.87. The van der Waals surface area contributed by atoms with Gasteiger partial charge in [-0.25, -0.2) is 4.98 Å². The molecule has 1 amide bonds. The molecule has 8 nitrogen and oxygen atoms in total. The lowest BCUT2D eigenvalue weighted by Crippen LogP contribution is -2.37. The molecule has 1 aromatic heterocycles. The van der Waals surface area contributed by atoms with Crippen LogP contribution in [0.2, 0.25) is 0 Å². The van der Waals surface area contributed by atoms with Crippen molar-refractivity contribution in [1.29, 1.82) is 0 Å². The Kier molecular flexibility index (Phi) is 6.84. The Morgan fingerprint density at radius 3 is 2.73 bits per heavy atom. The number of amides is 1. The zero-order chi connectivity index (χ0) is 26.0. The molecule has 0 saturated carbocycles. The van der Waals surface area contributed by atoms with Crippen LogP contribution in [0.4, 0.5) is 28.6 Å². The van der Waals surface area contributed by atoms with Crippen LogP contribution in [0.1, 0.15) is 48.2 Å². The van der Waals surface area contributed by atoms with Gasteiger partial charge in [0.1, 0.15) is 5.82 Å². The molecule has 1 fully saturated rings. The van der Waals surface area contributed by atoms with E-state index in [1.807, 2.05) is 6.07 Å². The zero-order valence-electron chi connectivity index (χ0n) is 21.4. The van der Waals surface area contributed by atoms with Crippen molar-refractivity contribution < 1.29 is 4.79 Å². The van der Waals surface area contributed by atoms with Gasteiger partial charge in [0.05, 0.1) is 5.56 Å². The number of nitrogens with one attached hydrogen (secondary N) is 3. The van der Waals surface area contributed by atoms with Gasteiger partial charge in [-0.15, -0.1) is 0 Å². The Morgan fingerprint density at radius 2 is 1.97 bits per heavy atom. The molecule has 192 valence electrons. The Balaban J connectivity index is 1.35. The predicted molar refractivity (Wildman–Crippen MR) is 152 cm³/mol. The fourth-order valence-electron chi connectivity index (χ4n) is 5.42. The monoisotopic (exact) mass is 496 g/mol. The summed E-state index contributed by atoms with van der Waals surface area (Å²) in [5.41, 5.74) is 11.4. The molecule has 0 bridgehead atoms. The summed E-state index contributed by atoms with van der Waals surface area (Å²) in [6, 6.07) is 14.9. The van der Waals surface area contributed by atoms with Crippen molar-refractivity contribution in [3.63, 3.8) is 0 Å². The van der Waals surface area contributed by atoms with Crippen LogP contribution in [-0.2, 0) is 5.41 Å². The van der Waals surface area contributed by atoms with Crippen LogP contribution in [0, 0.1) is 5.92 Å². The first-order valence-corrected chi connectivity index (χ1v) is 12.8. The maximum atomic E-state index is 13.3. The number of benzene rings is 2. The molecular formula is C29H34N7O-. The molecule has 0 spiro atoms. The summed E-state index contributed by atoms with van der Waals surface area (Å²) < 4.78 is 0. The number of fused-ring (bicyclic) bond motifs is 1. The molecule has 2 aliphatic rings. The Morgan fingerprint density at radius 1 is 1.19 bits per heavy atom. The third-order valence-corrected chi connectivity index (χ3v) is 7.39. The van der Waals surface area contributed by atoms with Crippen LogP contribution in [-0.4, -0.2) is 43.3 Å². The highest BCUT2D eigenvalue weighted by atomic mass is 16.1. The highest BCUT2D eigenvalue weighted by Gasteiger charge is 2.36. The van der Waals surface area contributed by atoms with Gasteiger partial charge in [-0.2, -0.15) is 6.21 Å². The van der Waals surface area contributed by atoms with Gasteiger partial charge in [-0.1, -0.05) is 26.0 Å². The van der Waals surface area contributed by atoms with E-state index in [9.17, 15) is 10.2 Å². The van der Waals surface area contributed by atoms with Gasteiger partial charge in [0.15, 0.2) is 0 Å². The van der Waals surface area contributed by atoms with E-state index in [4.69, 9.17) is 5.73 Å². The normalized spacial score (nSPS) is 16.8. The maximum Gasteiger partial charge on any atom is 0.259 e. The van der Waals surface area contributed by atoms with Crippen LogP contribution in [0.15, 0.2) is 54.7 Å². The fourth-order valence-corrected chi connectivity index (χ4v) is 5.42. The van der Waals surface area contributed by atoms with Crippen molar-refractivity contribution in [2.24, 2.45) is 5.92 Å². The molecular weight excluding hydrogens is 462 g/mol. The van der Waals surface area contributed by atoms with E-state index >= 15 is 0 Å². The van der Waals surface area contributed by atoms with E-state index in [1.165, 1.54) is 24.1 Å². The van der Waals surface area contributed by atoms with Crippen LogP contribution in [0.25, 0.3) is 5.41 Å². The van der Waals surface area contributed by atoms with Gasteiger partial charge in [0, 0.05) is 47.5 Å². The largest absolute Gasteiger partial charge is 0.810 e. The summed E-state index contributed by atoms with van der Waals surface area (Å²) in [4.78, 5) is 20.2. The van der Waals surface area contributed by atoms with E-state index in [2.05, 4.69) is 51.8 Å². The number of rotatable bonds is 7. The number of nitrogens with zero attached hydrogens (tertiary/aromatic N) is 3. The molecule has 8 heteroatoms. The number of anilines is 5. The van der Waals surface area contributed by atoms with Crippen molar-refractivity contribution >= 4 is 40.7 Å². The summed E-state index contributed by atoms with van der Waals surface area (Å²) in [7, 11) is 0. The molecule has 5 N–H and O–H groups in total. The van der Waals surface area contributed by atoms with Gasteiger partial charge in [0.25, 0.3) is 5.91 Å². The number of nitrogens with two attached hydrogens (primary N) is 1. The molecule has 2 aliphatic heterocycles. The number of hydrogen-bond donors (Lipinski definition) is 4. The lowest BCUT2D eigenvalue weighted by molar-refractivity contribution is 0.102. The van der Waals surface area contributed by atoms with Gasteiger partial charge in [-0.3, -0.25) is 4.79 Å². The fraction of sp³-hybridized carbons (Fsp3) is 0.345. The van der Waals surface area contributed by atoms with Crippen molar-refractivity contribution in [2.75, 3.05) is 47.4 Å². The number of pyridine rings is 1. The molecule has 3 heterocycles. The molecule has 2 aromatic carbocycles. The SMILES string of the molecule is CC1(C)CN(CC2CCNCC2)c2cc(NC(=O)c3cccnc3Nc3ccc(C=[N-])c(N)c3)ccc21. The first-order valence-electron chi connectivity index (χ1n) is 12.8. The lowest BCUT2D eigenvalue weighted by Gasteiger charge is -2.30. The quantitative estimate of drug-likeness (QED) is 0.277. The van der Waals surface area contributed by atoms with Crippen LogP contribution < -0.4 is 26.6 Å². The van der Waals surface area contributed by atoms with Gasteiger partial charge in [-0.05, 0) is 79.4 Å². The zero-order valence-corrected chi connectivity index (χ0v) is 21.4. The van der Waals surface area contributed by atoms with Gasteiger partial charge < -0.3 is 32.0 Å². The van der Waals surface area contributed by atoms with Crippen LogP contribution >= 0.6 is 0 Å². The molecule has 0 atom stereocenters. The summed E-state index contributed by atoms with van der Waals surface area (Å²) in [6.07, 6.45) is 5.00. The molecule has 0 radical (unpaired) electrons. The first-order chi connectivity index (χ1) is 17.8. The standard InChI is InChI=1S/C29H34N7O/c1-29(2)18-36(17-19-9-12-32-13-10-19)26-15-22(7-8-24(26)29)35-28(37)23-4-3-11-33-27(23)34-21-6-5-20(16-30)25(31)14-21/h3-8,11,14-16,19,32H,9-10,12-13,17-18,31H2,1-2H3,(H,33,34)(H,35,37)/q-1. The van der Waals surface area contributed by atoms with E-state index in [0.717, 1.165) is 38.1 Å². The molecule has 5 rings (SSSR count). The third-order valence-electron chi connectivity index (χ3n) is 7.39. The smallest absolute Gasteiger partial charge is 0.259 e. The van der Waals surface area contributed by atoms with E-state index in [-0.39, 0.29) is 11.3 Å². The second kappa shape index (κ2) is 10.2. The number of carbonyl (C=O) groups excluding carboxylic acids is 1. The van der Waals surface area contributed by atoms with Crippen molar-refractivity contribution in [1.82, 2.24) is 10.3 Å². The number of piperidine rings is 1. The van der Waals surface area contributed by atoms with Crippen LogP contribution in [0.5, 0.6) is 0 Å². The second-order valence-electron chi connectivity index (χ2n) is 10.6. The molecule has 37 heavy (non-hydrogen) atoms. The second-order valence-corrected chi connectivity index (χ2v) is 10.6. The molecule has 1 saturated heterocycles. The molecule has 0 unspecified atom stereocenters. The molecule has 3 aromatic rings. The summed E-state index contributed by atoms with van der Waals surface area (Å²) in [6.45, 7) is 8.78. The highest BCUT2D eigenvalue weighted by molar-refractivity contribution is 6.08. The van der Waals surface area contributed by atoms with Crippen LogP contribution in [0.3, 0.4) is 0 Å². The maximum absolute atomic E-state index is 13.3. The Labute approximate surface area is 218 Å². The minimum absolute atomic E-state index is 0.0659. The van der Waals surface area contributed by atoms with Gasteiger partial charge in [0.2, 0.25) is 0 Å². The van der Waals surface area contributed by atoms with Crippen molar-refractivity contribution in [2.45, 2.75) is 32.1 Å². The van der Waals surface area contributed by atoms with E-state index < -0.39 is 0 Å². The minimum atomic E-state index is -0.244. The topological polar surface area (TPSA) is 118 Å². The van der Waals surface area contributed by atoms with E-state index in [0.29, 0.717) is 34.2 Å². The summed E-state index contributed by atoms with van der Waals surface area (Å²) in [5, 5.41) is 19.0. The minimum Gasteiger partial charge on any atom is -0.810 e. The average molecular weight is 497 g/mol. The summed E-state index contributed by atoms with van der Waals surface area (Å²) >= 11 is 0. The third kappa shape index (κ3) is 5.29. The number of aromatic nitrogens is 1. The summed E-state index contributed by atoms with van der Waals surface area (Å²) in [5.74, 6) is 0.865. The van der Waals surface area contributed by atoms with Gasteiger partial charge >= 0.3 is 0 Å². The number of nitrogen functional groups attached to an aromatic ring is 1. The number of hydrogen-bond acceptors (Lipinski definition) is 6. The highest BCUT2D eigenvalue weighted by Crippen LogP contribution is 2.42. The Bertz CT molecular complexity index is 1310. The number of carbonyl (C=O) groups is 1. The van der Waals surface area contributed by atoms with E-state index in [1.54, 1.807) is 36.5 Å². The predicted octanol–water partition coefficient (Wildman–Crippen LogP) is 4.75.